The second-order valence-corrected chi connectivity index (χ2v) is 5.57. The summed E-state index contributed by atoms with van der Waals surface area (Å²) in [6.07, 6.45) is 1.79. The molecule has 1 saturated heterocycles. The van der Waals surface area contributed by atoms with Crippen LogP contribution in [-0.4, -0.2) is 56.1 Å². The molecule has 126 valence electrons. The van der Waals surface area contributed by atoms with Crippen molar-refractivity contribution in [3.8, 4) is 0 Å². The first-order valence-electron chi connectivity index (χ1n) is 7.67. The lowest BCUT2D eigenvalue weighted by Crippen LogP contribution is -2.50. The van der Waals surface area contributed by atoms with E-state index in [4.69, 9.17) is 4.74 Å². The molecular formula is C16H22FN3O3. The fourth-order valence-electron chi connectivity index (χ4n) is 2.60. The van der Waals surface area contributed by atoms with Crippen LogP contribution in [0.4, 0.5) is 10.1 Å². The van der Waals surface area contributed by atoms with Crippen LogP contribution in [-0.2, 0) is 14.3 Å². The van der Waals surface area contributed by atoms with Crippen LogP contribution in [0.3, 0.4) is 0 Å². The lowest BCUT2D eigenvalue weighted by Gasteiger charge is -2.32. The van der Waals surface area contributed by atoms with Crippen LogP contribution in [0.25, 0.3) is 0 Å². The Hall–Kier alpha value is -1.99. The van der Waals surface area contributed by atoms with Gasteiger partial charge in [-0.05, 0) is 37.6 Å². The molecule has 0 radical (unpaired) electrons. The largest absolute Gasteiger partial charge is 0.383 e. The van der Waals surface area contributed by atoms with E-state index in [9.17, 15) is 14.0 Å². The summed E-state index contributed by atoms with van der Waals surface area (Å²) in [5.41, 5.74) is 0.260. The molecule has 2 N–H and O–H groups in total. The van der Waals surface area contributed by atoms with E-state index in [-0.39, 0.29) is 11.7 Å². The second-order valence-electron chi connectivity index (χ2n) is 5.57. The number of methoxy groups -OCH3 is 1. The molecule has 0 saturated carbocycles. The molecule has 1 aliphatic heterocycles. The van der Waals surface area contributed by atoms with E-state index < -0.39 is 17.6 Å². The first-order chi connectivity index (χ1) is 11.1. The van der Waals surface area contributed by atoms with Gasteiger partial charge >= 0.3 is 11.8 Å². The highest BCUT2D eigenvalue weighted by molar-refractivity contribution is 6.39. The Morgan fingerprint density at radius 2 is 2.22 bits per heavy atom. The Labute approximate surface area is 135 Å². The van der Waals surface area contributed by atoms with E-state index in [1.54, 1.807) is 7.11 Å². The Morgan fingerprint density at radius 1 is 1.39 bits per heavy atom. The monoisotopic (exact) mass is 323 g/mol. The number of hydrogen-bond acceptors (Lipinski definition) is 4. The van der Waals surface area contributed by atoms with Crippen molar-refractivity contribution >= 4 is 17.5 Å². The number of benzene rings is 1. The number of halogens is 1. The number of rotatable bonds is 5. The van der Waals surface area contributed by atoms with Crippen molar-refractivity contribution < 1.29 is 18.7 Å². The average Bonchev–Trinajstić information content (AvgIpc) is 2.53. The Morgan fingerprint density at radius 3 is 2.96 bits per heavy atom. The van der Waals surface area contributed by atoms with Crippen LogP contribution in [0, 0.1) is 5.82 Å². The standard InChI is InChI=1S/C16H22FN3O3/c1-23-9-8-20-7-3-6-14(11-20)19-16(22)15(21)18-13-5-2-4-12(17)10-13/h2,4-5,10,14H,3,6-9,11H2,1H3,(H,18,21)(H,19,22)/t14-/m1/s1. The highest BCUT2D eigenvalue weighted by Gasteiger charge is 2.23. The molecule has 2 rings (SSSR count). The van der Waals surface area contributed by atoms with Crippen LogP contribution in [0.5, 0.6) is 0 Å². The SMILES string of the molecule is COCCN1CCC[C@@H](NC(=O)C(=O)Nc2cccc(F)c2)C1. The summed E-state index contributed by atoms with van der Waals surface area (Å²) in [7, 11) is 1.65. The maximum atomic E-state index is 13.1. The van der Waals surface area contributed by atoms with Crippen LogP contribution in [0.2, 0.25) is 0 Å². The molecule has 1 fully saturated rings. The minimum atomic E-state index is -0.787. The van der Waals surface area contributed by atoms with E-state index in [1.165, 1.54) is 18.2 Å². The molecule has 1 aromatic carbocycles. The first-order valence-corrected chi connectivity index (χ1v) is 7.67. The Balaban J connectivity index is 1.82. The molecule has 6 nitrogen and oxygen atoms in total. The van der Waals surface area contributed by atoms with Crippen LogP contribution >= 0.6 is 0 Å². The number of piperidine rings is 1. The molecule has 1 heterocycles. The van der Waals surface area contributed by atoms with Crippen molar-refractivity contribution in [1.29, 1.82) is 0 Å². The fourth-order valence-corrected chi connectivity index (χ4v) is 2.60. The van der Waals surface area contributed by atoms with Gasteiger partial charge in [0.15, 0.2) is 0 Å². The smallest absolute Gasteiger partial charge is 0.313 e. The molecule has 23 heavy (non-hydrogen) atoms. The number of carbonyl (C=O) groups excluding carboxylic acids is 2. The van der Waals surface area contributed by atoms with Crippen molar-refractivity contribution in [2.45, 2.75) is 18.9 Å². The van der Waals surface area contributed by atoms with Gasteiger partial charge < -0.3 is 15.4 Å². The minimum Gasteiger partial charge on any atom is -0.383 e. The molecule has 0 bridgehead atoms. The minimum absolute atomic E-state index is 0.0636. The van der Waals surface area contributed by atoms with Crippen molar-refractivity contribution in [2.75, 3.05) is 38.7 Å². The molecule has 7 heteroatoms. The number of nitrogens with zero attached hydrogens (tertiary/aromatic N) is 1. The Kier molecular flexibility index (Phi) is 6.49. The summed E-state index contributed by atoms with van der Waals surface area (Å²) < 4.78 is 18.1. The number of nitrogens with one attached hydrogen (secondary N) is 2. The number of likely N-dealkylation sites (tertiary alicyclic amines) is 1. The van der Waals surface area contributed by atoms with Crippen molar-refractivity contribution in [3.05, 3.63) is 30.1 Å². The molecule has 0 aliphatic carbocycles. The van der Waals surface area contributed by atoms with Gasteiger partial charge in [0.05, 0.1) is 6.61 Å². The fraction of sp³-hybridized carbons (Fsp3) is 0.500. The van der Waals surface area contributed by atoms with E-state index in [2.05, 4.69) is 15.5 Å². The molecule has 2 amide bonds. The van der Waals surface area contributed by atoms with E-state index in [0.717, 1.165) is 32.0 Å². The van der Waals surface area contributed by atoms with Gasteiger partial charge in [-0.15, -0.1) is 0 Å². The third-order valence-corrected chi connectivity index (χ3v) is 3.74. The summed E-state index contributed by atoms with van der Waals surface area (Å²) in [4.78, 5) is 26.0. The van der Waals surface area contributed by atoms with Gasteiger partial charge in [-0.1, -0.05) is 6.07 Å². The highest BCUT2D eigenvalue weighted by atomic mass is 19.1. The number of hydrogen-bond donors (Lipinski definition) is 2. The molecule has 1 aromatic rings. The third kappa shape index (κ3) is 5.61. The lowest BCUT2D eigenvalue weighted by atomic mass is 10.1. The lowest BCUT2D eigenvalue weighted by molar-refractivity contribution is -0.136. The van der Waals surface area contributed by atoms with E-state index in [0.29, 0.717) is 13.2 Å². The first kappa shape index (κ1) is 17.4. The van der Waals surface area contributed by atoms with Crippen LogP contribution in [0.15, 0.2) is 24.3 Å². The van der Waals surface area contributed by atoms with Crippen LogP contribution in [0.1, 0.15) is 12.8 Å². The zero-order valence-corrected chi connectivity index (χ0v) is 13.2. The topological polar surface area (TPSA) is 70.7 Å². The molecule has 1 aliphatic rings. The Bertz CT molecular complexity index is 553. The van der Waals surface area contributed by atoms with Crippen molar-refractivity contribution in [2.24, 2.45) is 0 Å². The van der Waals surface area contributed by atoms with E-state index in [1.807, 2.05) is 0 Å². The molecule has 0 spiro atoms. The van der Waals surface area contributed by atoms with E-state index >= 15 is 0 Å². The second kappa shape index (κ2) is 8.59. The summed E-state index contributed by atoms with van der Waals surface area (Å²) in [5.74, 6) is -1.96. The van der Waals surface area contributed by atoms with Gasteiger partial charge in [-0.3, -0.25) is 14.5 Å². The highest BCUT2D eigenvalue weighted by Crippen LogP contribution is 2.11. The molecule has 0 unspecified atom stereocenters. The number of anilines is 1. The molecule has 1 atom stereocenters. The van der Waals surface area contributed by atoms with Gasteiger partial charge in [0.1, 0.15) is 5.82 Å². The van der Waals surface area contributed by atoms with Gasteiger partial charge in [0, 0.05) is 31.9 Å². The average molecular weight is 323 g/mol. The zero-order chi connectivity index (χ0) is 16.7. The summed E-state index contributed by atoms with van der Waals surface area (Å²) >= 11 is 0. The maximum absolute atomic E-state index is 13.1. The quantitative estimate of drug-likeness (QED) is 0.793. The summed E-state index contributed by atoms with van der Waals surface area (Å²) in [5, 5.41) is 5.13. The van der Waals surface area contributed by atoms with Gasteiger partial charge in [-0.25, -0.2) is 4.39 Å². The molecular weight excluding hydrogens is 301 g/mol. The van der Waals surface area contributed by atoms with Crippen molar-refractivity contribution in [1.82, 2.24) is 10.2 Å². The van der Waals surface area contributed by atoms with Crippen LogP contribution < -0.4 is 10.6 Å². The summed E-state index contributed by atoms with van der Waals surface area (Å²) in [6, 6.07) is 5.37. The predicted octanol–water partition coefficient (Wildman–Crippen LogP) is 0.991. The number of carbonyl (C=O) groups is 2. The maximum Gasteiger partial charge on any atom is 0.313 e. The summed E-state index contributed by atoms with van der Waals surface area (Å²) in [6.45, 7) is 3.10. The predicted molar refractivity (Wildman–Crippen MR) is 84.5 cm³/mol. The van der Waals surface area contributed by atoms with Crippen molar-refractivity contribution in [3.63, 3.8) is 0 Å². The van der Waals surface area contributed by atoms with Gasteiger partial charge in [-0.2, -0.15) is 0 Å². The zero-order valence-electron chi connectivity index (χ0n) is 13.2. The normalized spacial score (nSPS) is 18.4. The van der Waals surface area contributed by atoms with Gasteiger partial charge in [0.2, 0.25) is 0 Å². The molecule has 0 aromatic heterocycles. The third-order valence-electron chi connectivity index (χ3n) is 3.74. The van der Waals surface area contributed by atoms with Gasteiger partial charge in [0.25, 0.3) is 0 Å². The number of amides is 2. The number of ether oxygens (including phenoxy) is 1.